The summed E-state index contributed by atoms with van der Waals surface area (Å²) in [5, 5.41) is 3.54. The van der Waals surface area contributed by atoms with Crippen LogP contribution >= 0.6 is 22.9 Å². The Kier molecular flexibility index (Phi) is 7.84. The predicted octanol–water partition coefficient (Wildman–Crippen LogP) is 5.35. The van der Waals surface area contributed by atoms with Crippen LogP contribution in [-0.4, -0.2) is 34.8 Å². The van der Waals surface area contributed by atoms with E-state index >= 15 is 0 Å². The van der Waals surface area contributed by atoms with Crippen molar-refractivity contribution < 1.29 is 30.8 Å². The molecule has 12 heteroatoms. The zero-order chi connectivity index (χ0) is 27.7. The second-order valence-electron chi connectivity index (χ2n) is 8.23. The molecule has 1 N–H and O–H groups in total. The van der Waals surface area contributed by atoms with Gasteiger partial charge in [-0.15, -0.1) is 11.3 Å². The SMILES string of the molecule is CS(=O)(=O)S(=O)(=O)c1ccc(CC(=O)Nc2cc(-c3cccc(Cl)c3)c(C(=O)c3cccc(F)c3)s2)cc1. The summed E-state index contributed by atoms with van der Waals surface area (Å²) in [6.45, 7) is 0. The molecule has 3 aromatic carbocycles. The van der Waals surface area contributed by atoms with Crippen LogP contribution < -0.4 is 5.32 Å². The van der Waals surface area contributed by atoms with Crippen molar-refractivity contribution >= 4 is 57.4 Å². The van der Waals surface area contributed by atoms with E-state index in [0.29, 0.717) is 33.0 Å². The number of benzene rings is 3. The molecule has 0 unspecified atom stereocenters. The molecule has 0 radical (unpaired) electrons. The molecule has 7 nitrogen and oxygen atoms in total. The highest BCUT2D eigenvalue weighted by atomic mass is 35.5. The average molecular weight is 592 g/mol. The Bertz CT molecular complexity index is 1760. The van der Waals surface area contributed by atoms with Crippen molar-refractivity contribution in [2.45, 2.75) is 11.3 Å². The lowest BCUT2D eigenvalue weighted by atomic mass is 10.0. The maximum Gasteiger partial charge on any atom is 0.281 e. The number of hydrogen-bond acceptors (Lipinski definition) is 7. The van der Waals surface area contributed by atoms with Gasteiger partial charge in [-0.1, -0.05) is 48.0 Å². The Labute approximate surface area is 227 Å². The Hall–Kier alpha value is -3.38. The molecule has 0 saturated carbocycles. The molecule has 1 heterocycles. The molecule has 0 fully saturated rings. The van der Waals surface area contributed by atoms with Gasteiger partial charge in [-0.3, -0.25) is 9.59 Å². The van der Waals surface area contributed by atoms with Crippen LogP contribution in [0.3, 0.4) is 0 Å². The van der Waals surface area contributed by atoms with Gasteiger partial charge in [0.1, 0.15) is 5.82 Å². The third-order valence-electron chi connectivity index (χ3n) is 5.40. The first-order valence-corrected chi connectivity index (χ1v) is 16.0. The van der Waals surface area contributed by atoms with Crippen molar-refractivity contribution in [2.24, 2.45) is 0 Å². The largest absolute Gasteiger partial charge is 0.317 e. The summed E-state index contributed by atoms with van der Waals surface area (Å²) in [6, 6.07) is 18.7. The second kappa shape index (κ2) is 10.8. The number of anilines is 1. The van der Waals surface area contributed by atoms with Gasteiger partial charge in [0.25, 0.3) is 17.7 Å². The molecule has 0 atom stereocenters. The minimum absolute atomic E-state index is 0.142. The van der Waals surface area contributed by atoms with Crippen molar-refractivity contribution in [1.29, 1.82) is 0 Å². The van der Waals surface area contributed by atoms with E-state index in [-0.39, 0.29) is 16.9 Å². The Morgan fingerprint density at radius 3 is 2.24 bits per heavy atom. The molecule has 4 rings (SSSR count). The molecule has 4 aromatic rings. The van der Waals surface area contributed by atoms with E-state index in [1.807, 2.05) is 0 Å². The Balaban J connectivity index is 1.60. The molecule has 0 aliphatic rings. The van der Waals surface area contributed by atoms with Crippen molar-refractivity contribution in [3.8, 4) is 11.1 Å². The second-order valence-corrected chi connectivity index (χ2v) is 15.6. The fourth-order valence-electron chi connectivity index (χ4n) is 3.57. The average Bonchev–Trinajstić information content (AvgIpc) is 3.26. The first kappa shape index (κ1) is 27.6. The first-order valence-electron chi connectivity index (χ1n) is 10.9. The van der Waals surface area contributed by atoms with Gasteiger partial charge in [0.2, 0.25) is 11.7 Å². The molecule has 0 bridgehead atoms. The smallest absolute Gasteiger partial charge is 0.281 e. The van der Waals surface area contributed by atoms with Gasteiger partial charge in [-0.05, 0) is 53.6 Å². The fourth-order valence-corrected chi connectivity index (χ4v) is 7.02. The lowest BCUT2D eigenvalue weighted by Gasteiger charge is -2.05. The summed E-state index contributed by atoms with van der Waals surface area (Å²) in [7, 11) is -8.88. The summed E-state index contributed by atoms with van der Waals surface area (Å²) in [5.74, 6) is -1.43. The highest BCUT2D eigenvalue weighted by molar-refractivity contribution is 8.66. The number of carbonyl (C=O) groups is 2. The van der Waals surface area contributed by atoms with Gasteiger partial charge < -0.3 is 5.32 Å². The zero-order valence-electron chi connectivity index (χ0n) is 19.6. The molecule has 0 saturated heterocycles. The Morgan fingerprint density at radius 2 is 1.61 bits per heavy atom. The maximum absolute atomic E-state index is 13.8. The van der Waals surface area contributed by atoms with Crippen molar-refractivity contribution in [2.75, 3.05) is 11.6 Å². The molecule has 1 aromatic heterocycles. The summed E-state index contributed by atoms with van der Waals surface area (Å²) in [4.78, 5) is 25.9. The normalized spacial score (nSPS) is 11.8. The minimum atomic E-state index is -4.53. The monoisotopic (exact) mass is 591 g/mol. The number of hydrogen-bond donors (Lipinski definition) is 1. The van der Waals surface area contributed by atoms with Crippen LogP contribution in [0.15, 0.2) is 83.8 Å². The van der Waals surface area contributed by atoms with Crippen LogP contribution in [0.25, 0.3) is 11.1 Å². The highest BCUT2D eigenvalue weighted by Crippen LogP contribution is 2.37. The van der Waals surface area contributed by atoms with Crippen molar-refractivity contribution in [3.05, 3.63) is 106 Å². The van der Waals surface area contributed by atoms with E-state index in [0.717, 1.165) is 29.5 Å². The third-order valence-corrected chi connectivity index (χ3v) is 11.3. The van der Waals surface area contributed by atoms with Crippen LogP contribution in [0.2, 0.25) is 5.02 Å². The van der Waals surface area contributed by atoms with Crippen LogP contribution in [-0.2, 0) is 29.0 Å². The van der Waals surface area contributed by atoms with Crippen molar-refractivity contribution in [3.63, 3.8) is 0 Å². The summed E-state index contributed by atoms with van der Waals surface area (Å²) in [6.07, 6.45) is 0.465. The van der Waals surface area contributed by atoms with Crippen LogP contribution in [0.4, 0.5) is 9.39 Å². The lowest BCUT2D eigenvalue weighted by molar-refractivity contribution is -0.115. The summed E-state index contributed by atoms with van der Waals surface area (Å²) < 4.78 is 60.9. The van der Waals surface area contributed by atoms with Crippen LogP contribution in [0, 0.1) is 5.82 Å². The summed E-state index contributed by atoms with van der Waals surface area (Å²) in [5.41, 5.74) is 1.74. The topological polar surface area (TPSA) is 114 Å². The first-order chi connectivity index (χ1) is 17.8. The number of ketones is 1. The van der Waals surface area contributed by atoms with E-state index in [4.69, 9.17) is 11.6 Å². The van der Waals surface area contributed by atoms with Gasteiger partial charge in [0, 0.05) is 16.1 Å². The maximum atomic E-state index is 13.8. The number of thiophene rings is 1. The number of amides is 1. The fraction of sp³-hybridized carbons (Fsp3) is 0.0769. The molecular weight excluding hydrogens is 573 g/mol. The molecule has 0 spiro atoms. The van der Waals surface area contributed by atoms with E-state index in [1.54, 1.807) is 30.3 Å². The van der Waals surface area contributed by atoms with Gasteiger partial charge in [-0.25, -0.2) is 21.2 Å². The molecule has 196 valence electrons. The zero-order valence-corrected chi connectivity index (χ0v) is 22.8. The molecule has 38 heavy (non-hydrogen) atoms. The van der Waals surface area contributed by atoms with Gasteiger partial charge >= 0.3 is 0 Å². The summed E-state index contributed by atoms with van der Waals surface area (Å²) >= 11 is 7.16. The number of rotatable bonds is 8. The van der Waals surface area contributed by atoms with E-state index in [9.17, 15) is 30.8 Å². The van der Waals surface area contributed by atoms with E-state index in [1.165, 1.54) is 30.3 Å². The van der Waals surface area contributed by atoms with Gasteiger partial charge in [0.05, 0.1) is 27.5 Å². The van der Waals surface area contributed by atoms with Gasteiger partial charge in [0.15, 0.2) is 0 Å². The lowest BCUT2D eigenvalue weighted by Crippen LogP contribution is -2.15. The molecule has 0 aliphatic carbocycles. The third kappa shape index (κ3) is 6.02. The Morgan fingerprint density at radius 1 is 0.921 bits per heavy atom. The quantitative estimate of drug-likeness (QED) is 0.218. The minimum Gasteiger partial charge on any atom is -0.317 e. The number of nitrogens with one attached hydrogen (secondary N) is 1. The predicted molar refractivity (Wildman–Crippen MR) is 145 cm³/mol. The van der Waals surface area contributed by atoms with E-state index < -0.39 is 40.1 Å². The van der Waals surface area contributed by atoms with E-state index in [2.05, 4.69) is 5.32 Å². The molecular formula is C26H19ClFNO6S3. The molecule has 1 amide bonds. The highest BCUT2D eigenvalue weighted by Gasteiger charge is 2.27. The van der Waals surface area contributed by atoms with Crippen LogP contribution in [0.5, 0.6) is 0 Å². The number of carbonyl (C=O) groups excluding carboxylic acids is 2. The molecule has 0 aliphatic heterocycles. The van der Waals surface area contributed by atoms with Crippen LogP contribution in [0.1, 0.15) is 20.8 Å². The standard InChI is InChI=1S/C26H19ClFNO6S3/c1-37(32,33)38(34,35)21-10-8-16(9-11-21)12-23(30)29-24-15-22(17-4-2-6-19(27)13-17)26(36-24)25(31)18-5-3-7-20(28)14-18/h2-11,13-15H,12H2,1H3,(H,29,30). The van der Waals surface area contributed by atoms with Crippen molar-refractivity contribution in [1.82, 2.24) is 0 Å². The number of halogens is 2. The van der Waals surface area contributed by atoms with Gasteiger partial charge in [-0.2, -0.15) is 0 Å².